The van der Waals surface area contributed by atoms with E-state index in [1.165, 1.54) is 11.9 Å². The van der Waals surface area contributed by atoms with Crippen molar-refractivity contribution in [1.82, 2.24) is 14.5 Å². The molecule has 4 aromatic carbocycles. The lowest BCUT2D eigenvalue weighted by atomic mass is 10.0. The molecular formula is C34H36ClN3O4S. The Morgan fingerprint density at radius 2 is 1.53 bits per heavy atom. The molecule has 1 saturated carbocycles. The Kier molecular flexibility index (Phi) is 9.80. The van der Waals surface area contributed by atoms with E-state index >= 15 is 0 Å². The molecule has 43 heavy (non-hydrogen) atoms. The van der Waals surface area contributed by atoms with Crippen LogP contribution in [0.3, 0.4) is 0 Å². The van der Waals surface area contributed by atoms with Crippen molar-refractivity contribution in [3.8, 4) is 0 Å². The molecule has 224 valence electrons. The molecule has 0 aliphatic heterocycles. The highest BCUT2D eigenvalue weighted by molar-refractivity contribution is 7.89. The van der Waals surface area contributed by atoms with Gasteiger partial charge in [-0.2, -0.15) is 4.31 Å². The quantitative estimate of drug-likeness (QED) is 0.230. The van der Waals surface area contributed by atoms with Crippen molar-refractivity contribution in [2.24, 2.45) is 0 Å². The van der Waals surface area contributed by atoms with Crippen LogP contribution in [0.4, 0.5) is 0 Å². The van der Waals surface area contributed by atoms with E-state index in [4.69, 9.17) is 11.6 Å². The number of fused-ring (bicyclic) bond motifs is 1. The largest absolute Gasteiger partial charge is 0.352 e. The minimum atomic E-state index is -4.00. The maximum atomic E-state index is 14.1. The van der Waals surface area contributed by atoms with Crippen LogP contribution in [0.15, 0.2) is 102 Å². The van der Waals surface area contributed by atoms with E-state index in [0.29, 0.717) is 5.02 Å². The van der Waals surface area contributed by atoms with Gasteiger partial charge in [-0.15, -0.1) is 0 Å². The van der Waals surface area contributed by atoms with Gasteiger partial charge in [-0.1, -0.05) is 97.2 Å². The molecule has 0 radical (unpaired) electrons. The third kappa shape index (κ3) is 7.63. The van der Waals surface area contributed by atoms with Crippen LogP contribution in [-0.4, -0.2) is 55.1 Å². The summed E-state index contributed by atoms with van der Waals surface area (Å²) in [5.41, 5.74) is 1.64. The first-order chi connectivity index (χ1) is 20.7. The van der Waals surface area contributed by atoms with Crippen LogP contribution in [0.25, 0.3) is 10.8 Å². The molecule has 1 atom stereocenters. The fraction of sp³-hybridized carbons (Fsp3) is 0.294. The summed E-state index contributed by atoms with van der Waals surface area (Å²) in [5, 5.41) is 5.39. The lowest BCUT2D eigenvalue weighted by Crippen LogP contribution is -2.54. The number of amides is 2. The number of hydrogen-bond donors (Lipinski definition) is 1. The molecule has 0 saturated heterocycles. The summed E-state index contributed by atoms with van der Waals surface area (Å²) in [6.45, 7) is -0.337. The molecule has 0 spiro atoms. The van der Waals surface area contributed by atoms with Gasteiger partial charge in [0.15, 0.2) is 0 Å². The van der Waals surface area contributed by atoms with Gasteiger partial charge >= 0.3 is 0 Å². The second-order valence-corrected chi connectivity index (χ2v) is 13.6. The highest BCUT2D eigenvalue weighted by Crippen LogP contribution is 2.24. The summed E-state index contributed by atoms with van der Waals surface area (Å²) >= 11 is 6.28. The van der Waals surface area contributed by atoms with Crippen LogP contribution < -0.4 is 5.32 Å². The van der Waals surface area contributed by atoms with Crippen molar-refractivity contribution in [2.45, 2.75) is 55.6 Å². The van der Waals surface area contributed by atoms with E-state index in [1.54, 1.807) is 36.4 Å². The van der Waals surface area contributed by atoms with Gasteiger partial charge in [0.1, 0.15) is 6.04 Å². The third-order valence-electron chi connectivity index (χ3n) is 8.00. The van der Waals surface area contributed by atoms with E-state index in [9.17, 15) is 18.0 Å². The van der Waals surface area contributed by atoms with Crippen molar-refractivity contribution in [3.05, 3.63) is 113 Å². The van der Waals surface area contributed by atoms with E-state index in [0.717, 1.165) is 51.9 Å². The molecule has 5 rings (SSSR count). The third-order valence-corrected chi connectivity index (χ3v) is 10.0. The predicted molar refractivity (Wildman–Crippen MR) is 170 cm³/mol. The zero-order valence-electron chi connectivity index (χ0n) is 24.2. The second-order valence-electron chi connectivity index (χ2n) is 11.1. The van der Waals surface area contributed by atoms with E-state index < -0.39 is 28.5 Å². The van der Waals surface area contributed by atoms with Crippen molar-refractivity contribution >= 4 is 44.2 Å². The number of nitrogens with one attached hydrogen (secondary N) is 1. The second kappa shape index (κ2) is 13.7. The highest BCUT2D eigenvalue weighted by Gasteiger charge is 2.34. The molecule has 1 aliphatic carbocycles. The number of carbonyl (C=O) groups excluding carboxylic acids is 2. The van der Waals surface area contributed by atoms with Crippen LogP contribution in [0.1, 0.15) is 36.8 Å². The number of hydrogen-bond acceptors (Lipinski definition) is 4. The van der Waals surface area contributed by atoms with Crippen LogP contribution >= 0.6 is 11.6 Å². The van der Waals surface area contributed by atoms with Crippen molar-refractivity contribution in [2.75, 3.05) is 13.6 Å². The van der Waals surface area contributed by atoms with Gasteiger partial charge in [0.2, 0.25) is 21.8 Å². The standard InChI is InChI=1S/C34H36ClN3O4S/c1-37(43(41,42)31-19-18-27-13-5-6-14-28(27)22-31)24-33(39)38(23-26-12-9-15-29(35)20-26)32(21-25-10-3-2-4-11-25)34(40)36-30-16-7-8-17-30/h2-6,9-15,18-20,22,30,32H,7-8,16-17,21,23-24H2,1H3,(H,36,40)/t32-/m0/s1. The molecule has 4 aromatic rings. The van der Waals surface area contributed by atoms with Gasteiger partial charge in [-0.3, -0.25) is 9.59 Å². The number of halogens is 1. The zero-order chi connectivity index (χ0) is 30.4. The number of carbonyl (C=O) groups is 2. The Labute approximate surface area is 258 Å². The number of nitrogens with zero attached hydrogens (tertiary/aromatic N) is 2. The Bertz CT molecular complexity index is 1690. The molecule has 1 fully saturated rings. The summed E-state index contributed by atoms with van der Waals surface area (Å²) in [5.74, 6) is -0.722. The fourth-order valence-electron chi connectivity index (χ4n) is 5.63. The number of sulfonamides is 1. The first-order valence-electron chi connectivity index (χ1n) is 14.5. The average Bonchev–Trinajstić information content (AvgIpc) is 3.52. The van der Waals surface area contributed by atoms with Crippen molar-refractivity contribution in [1.29, 1.82) is 0 Å². The van der Waals surface area contributed by atoms with Crippen LogP contribution in [0.2, 0.25) is 5.02 Å². The SMILES string of the molecule is CN(CC(=O)N(Cc1cccc(Cl)c1)[C@@H](Cc1ccccc1)C(=O)NC1CCCC1)S(=O)(=O)c1ccc2ccccc2c1. The molecule has 2 amide bonds. The first-order valence-corrected chi connectivity index (χ1v) is 16.4. The van der Waals surface area contributed by atoms with Gasteiger partial charge < -0.3 is 10.2 Å². The van der Waals surface area contributed by atoms with Gasteiger partial charge in [0, 0.05) is 31.1 Å². The van der Waals surface area contributed by atoms with Gasteiger partial charge in [-0.25, -0.2) is 8.42 Å². The maximum absolute atomic E-state index is 14.1. The summed E-state index contributed by atoms with van der Waals surface area (Å²) in [6.07, 6.45) is 4.19. The Morgan fingerprint density at radius 1 is 0.860 bits per heavy atom. The van der Waals surface area contributed by atoms with E-state index in [2.05, 4.69) is 5.32 Å². The van der Waals surface area contributed by atoms with Crippen LogP contribution in [-0.2, 0) is 32.6 Å². The first kappa shape index (κ1) is 30.7. The summed E-state index contributed by atoms with van der Waals surface area (Å²) in [7, 11) is -2.60. The zero-order valence-corrected chi connectivity index (χ0v) is 25.7. The van der Waals surface area contributed by atoms with Crippen LogP contribution in [0, 0.1) is 0 Å². The predicted octanol–water partition coefficient (Wildman–Crippen LogP) is 5.81. The molecule has 1 aliphatic rings. The molecule has 0 aromatic heterocycles. The van der Waals surface area contributed by atoms with Crippen molar-refractivity contribution in [3.63, 3.8) is 0 Å². The average molecular weight is 618 g/mol. The Morgan fingerprint density at radius 3 is 2.26 bits per heavy atom. The minimum Gasteiger partial charge on any atom is -0.352 e. The lowest BCUT2D eigenvalue weighted by Gasteiger charge is -2.33. The summed E-state index contributed by atoms with van der Waals surface area (Å²) < 4.78 is 28.3. The smallest absolute Gasteiger partial charge is 0.243 e. The molecule has 0 unspecified atom stereocenters. The number of rotatable bonds is 11. The van der Waals surface area contributed by atoms with Gasteiger partial charge in [0.05, 0.1) is 11.4 Å². The molecule has 9 heteroatoms. The maximum Gasteiger partial charge on any atom is 0.243 e. The van der Waals surface area contributed by atoms with Crippen molar-refractivity contribution < 1.29 is 18.0 Å². The van der Waals surface area contributed by atoms with Crippen LogP contribution in [0.5, 0.6) is 0 Å². The topological polar surface area (TPSA) is 86.8 Å². The highest BCUT2D eigenvalue weighted by atomic mass is 35.5. The molecule has 0 heterocycles. The Balaban J connectivity index is 1.46. The van der Waals surface area contributed by atoms with Gasteiger partial charge in [-0.05, 0) is 59.0 Å². The number of likely N-dealkylation sites (N-methyl/N-ethyl adjacent to an activating group) is 1. The van der Waals surface area contributed by atoms with Gasteiger partial charge in [0.25, 0.3) is 0 Å². The molecular weight excluding hydrogens is 582 g/mol. The van der Waals surface area contributed by atoms with E-state index in [1.807, 2.05) is 60.7 Å². The Hall–Kier alpha value is -3.72. The molecule has 7 nitrogen and oxygen atoms in total. The fourth-order valence-corrected chi connectivity index (χ4v) is 7.00. The monoisotopic (exact) mass is 617 g/mol. The molecule has 0 bridgehead atoms. The minimum absolute atomic E-state index is 0.0600. The number of benzene rings is 4. The summed E-state index contributed by atoms with van der Waals surface area (Å²) in [4.78, 5) is 29.6. The normalized spacial score (nSPS) is 14.6. The molecule has 1 N–H and O–H groups in total. The van der Waals surface area contributed by atoms with E-state index in [-0.39, 0.29) is 29.8 Å². The summed E-state index contributed by atoms with van der Waals surface area (Å²) in [6, 6.07) is 28.3. The lowest BCUT2D eigenvalue weighted by molar-refractivity contribution is -0.141.